The number of nitrogens with one attached hydrogen (secondary N) is 1. The number of nitrogens with zero attached hydrogens (tertiary/aromatic N) is 1. The van der Waals surface area contributed by atoms with E-state index in [1.807, 2.05) is 18.2 Å². The molecule has 21 heavy (non-hydrogen) atoms. The van der Waals surface area contributed by atoms with Gasteiger partial charge in [-0.25, -0.2) is 0 Å². The summed E-state index contributed by atoms with van der Waals surface area (Å²) in [6.07, 6.45) is 6.38. The van der Waals surface area contributed by atoms with Crippen LogP contribution in [0, 0.1) is 0 Å². The Morgan fingerprint density at radius 3 is 2.71 bits per heavy atom. The van der Waals surface area contributed by atoms with E-state index in [-0.39, 0.29) is 5.91 Å². The van der Waals surface area contributed by atoms with Crippen LogP contribution in [0.25, 0.3) is 0 Å². The molecular formula is C16H22BrN3O. The van der Waals surface area contributed by atoms with Gasteiger partial charge in [-0.05, 0) is 66.4 Å². The molecule has 2 fully saturated rings. The van der Waals surface area contributed by atoms with Crippen molar-refractivity contribution >= 4 is 27.5 Å². The van der Waals surface area contributed by atoms with E-state index in [1.165, 1.54) is 37.8 Å². The standard InChI is InChI=1S/C16H22BrN3O/c17-14-9-11(16(18)21)4-7-15(14)20(13-5-6-13)10-12-3-1-2-8-19-12/h4,7,9,12-13,19H,1-3,5-6,8,10H2,(H2,18,21). The Kier molecular flexibility index (Phi) is 4.50. The van der Waals surface area contributed by atoms with Crippen LogP contribution < -0.4 is 16.0 Å². The van der Waals surface area contributed by atoms with Gasteiger partial charge in [-0.15, -0.1) is 0 Å². The summed E-state index contributed by atoms with van der Waals surface area (Å²) in [6.45, 7) is 2.17. The van der Waals surface area contributed by atoms with Crippen LogP contribution in [0.1, 0.15) is 42.5 Å². The fourth-order valence-corrected chi connectivity index (χ4v) is 3.65. The number of piperidine rings is 1. The minimum Gasteiger partial charge on any atom is -0.366 e. The van der Waals surface area contributed by atoms with Crippen LogP contribution in [0.4, 0.5) is 5.69 Å². The smallest absolute Gasteiger partial charge is 0.248 e. The lowest BCUT2D eigenvalue weighted by Crippen LogP contribution is -2.44. The van der Waals surface area contributed by atoms with Crippen molar-refractivity contribution in [2.75, 3.05) is 18.0 Å². The predicted molar refractivity (Wildman–Crippen MR) is 88.7 cm³/mol. The molecule has 3 N–H and O–H groups in total. The SMILES string of the molecule is NC(=O)c1ccc(N(CC2CCCCN2)C2CC2)c(Br)c1. The summed E-state index contributed by atoms with van der Waals surface area (Å²) in [7, 11) is 0. The maximum atomic E-state index is 11.3. The third-order valence-corrected chi connectivity index (χ3v) is 4.99. The largest absolute Gasteiger partial charge is 0.366 e. The minimum atomic E-state index is -0.380. The molecule has 1 amide bonds. The molecule has 0 spiro atoms. The first kappa shape index (κ1) is 14.9. The highest BCUT2D eigenvalue weighted by molar-refractivity contribution is 9.10. The van der Waals surface area contributed by atoms with Crippen LogP contribution in [0.3, 0.4) is 0 Å². The Balaban J connectivity index is 1.78. The Labute approximate surface area is 134 Å². The molecule has 0 aromatic heterocycles. The lowest BCUT2D eigenvalue weighted by Gasteiger charge is -2.33. The fraction of sp³-hybridized carbons (Fsp3) is 0.562. The van der Waals surface area contributed by atoms with Gasteiger partial charge in [0, 0.05) is 28.7 Å². The number of halogens is 1. The lowest BCUT2D eigenvalue weighted by molar-refractivity contribution is 0.100. The molecule has 4 nitrogen and oxygen atoms in total. The van der Waals surface area contributed by atoms with Gasteiger partial charge >= 0.3 is 0 Å². The van der Waals surface area contributed by atoms with E-state index in [9.17, 15) is 4.79 Å². The van der Waals surface area contributed by atoms with E-state index in [2.05, 4.69) is 26.1 Å². The van der Waals surface area contributed by atoms with Gasteiger partial charge in [0.2, 0.25) is 5.91 Å². The molecule has 3 rings (SSSR count). The van der Waals surface area contributed by atoms with Crippen LogP contribution in [0.2, 0.25) is 0 Å². The summed E-state index contributed by atoms with van der Waals surface area (Å²) >= 11 is 3.61. The number of amides is 1. The zero-order valence-electron chi connectivity index (χ0n) is 12.1. The van der Waals surface area contributed by atoms with Gasteiger partial charge in [-0.2, -0.15) is 0 Å². The quantitative estimate of drug-likeness (QED) is 0.857. The van der Waals surface area contributed by atoms with E-state index >= 15 is 0 Å². The van der Waals surface area contributed by atoms with Gasteiger partial charge in [0.15, 0.2) is 0 Å². The summed E-state index contributed by atoms with van der Waals surface area (Å²) in [5, 5.41) is 3.62. The number of benzene rings is 1. The molecule has 1 aromatic carbocycles. The third kappa shape index (κ3) is 3.58. The second-order valence-electron chi connectivity index (χ2n) is 6.06. The summed E-state index contributed by atoms with van der Waals surface area (Å²) in [5.74, 6) is -0.380. The summed E-state index contributed by atoms with van der Waals surface area (Å²) in [4.78, 5) is 13.8. The summed E-state index contributed by atoms with van der Waals surface area (Å²) < 4.78 is 0.960. The number of hydrogen-bond acceptors (Lipinski definition) is 3. The molecule has 0 radical (unpaired) electrons. The third-order valence-electron chi connectivity index (χ3n) is 4.36. The molecule has 1 atom stereocenters. The number of carbonyl (C=O) groups is 1. The highest BCUT2D eigenvalue weighted by Crippen LogP contribution is 2.36. The van der Waals surface area contributed by atoms with Crippen LogP contribution in [-0.4, -0.2) is 31.1 Å². The Hall–Kier alpha value is -1.07. The number of carbonyl (C=O) groups excluding carboxylic acids is 1. The molecule has 1 unspecified atom stereocenters. The van der Waals surface area contributed by atoms with Gasteiger partial charge in [0.1, 0.15) is 0 Å². The molecule has 114 valence electrons. The zero-order valence-corrected chi connectivity index (χ0v) is 13.7. The van der Waals surface area contributed by atoms with Gasteiger partial charge in [-0.1, -0.05) is 6.42 Å². The number of primary amides is 1. The summed E-state index contributed by atoms with van der Waals surface area (Å²) in [6, 6.07) is 6.89. The average molecular weight is 352 g/mol. The topological polar surface area (TPSA) is 58.4 Å². The van der Waals surface area contributed by atoms with Crippen molar-refractivity contribution in [1.82, 2.24) is 5.32 Å². The Bertz CT molecular complexity index is 524. The van der Waals surface area contributed by atoms with Crippen LogP contribution in [0.5, 0.6) is 0 Å². The molecule has 1 aliphatic heterocycles. The number of nitrogens with two attached hydrogens (primary N) is 1. The monoisotopic (exact) mass is 351 g/mol. The van der Waals surface area contributed by atoms with Crippen LogP contribution in [-0.2, 0) is 0 Å². The maximum Gasteiger partial charge on any atom is 0.248 e. The molecule has 1 saturated heterocycles. The highest BCUT2D eigenvalue weighted by Gasteiger charge is 2.32. The van der Waals surface area contributed by atoms with Crippen LogP contribution in [0.15, 0.2) is 22.7 Å². The maximum absolute atomic E-state index is 11.3. The molecule has 5 heteroatoms. The zero-order chi connectivity index (χ0) is 14.8. The fourth-order valence-electron chi connectivity index (χ4n) is 3.04. The van der Waals surface area contributed by atoms with Crippen LogP contribution >= 0.6 is 15.9 Å². The molecule has 1 saturated carbocycles. The average Bonchev–Trinajstić information content (AvgIpc) is 3.31. The Morgan fingerprint density at radius 1 is 1.33 bits per heavy atom. The minimum absolute atomic E-state index is 0.380. The van der Waals surface area contributed by atoms with E-state index in [1.54, 1.807) is 0 Å². The second-order valence-corrected chi connectivity index (χ2v) is 6.92. The number of hydrogen-bond donors (Lipinski definition) is 2. The summed E-state index contributed by atoms with van der Waals surface area (Å²) in [5.41, 5.74) is 7.08. The number of rotatable bonds is 5. The molecule has 1 aliphatic carbocycles. The second kappa shape index (κ2) is 6.36. The van der Waals surface area contributed by atoms with E-state index < -0.39 is 0 Å². The predicted octanol–water partition coefficient (Wildman–Crippen LogP) is 2.66. The first-order valence-electron chi connectivity index (χ1n) is 7.74. The molecule has 1 heterocycles. The lowest BCUT2D eigenvalue weighted by atomic mass is 10.0. The van der Waals surface area contributed by atoms with Crippen molar-refractivity contribution in [3.8, 4) is 0 Å². The molecule has 2 aliphatic rings. The first-order valence-corrected chi connectivity index (χ1v) is 8.54. The van der Waals surface area contributed by atoms with Gasteiger partial charge < -0.3 is 16.0 Å². The van der Waals surface area contributed by atoms with Gasteiger partial charge in [0.05, 0.1) is 5.69 Å². The van der Waals surface area contributed by atoms with Crippen molar-refractivity contribution < 1.29 is 4.79 Å². The number of anilines is 1. The van der Waals surface area contributed by atoms with Crippen molar-refractivity contribution in [3.05, 3.63) is 28.2 Å². The molecule has 1 aromatic rings. The van der Waals surface area contributed by atoms with Crippen molar-refractivity contribution in [2.45, 2.75) is 44.2 Å². The first-order chi connectivity index (χ1) is 10.1. The van der Waals surface area contributed by atoms with Gasteiger partial charge in [-0.3, -0.25) is 4.79 Å². The highest BCUT2D eigenvalue weighted by atomic mass is 79.9. The molecule has 0 bridgehead atoms. The Morgan fingerprint density at radius 2 is 2.14 bits per heavy atom. The van der Waals surface area contributed by atoms with Crippen molar-refractivity contribution in [2.24, 2.45) is 5.73 Å². The molecular weight excluding hydrogens is 330 g/mol. The van der Waals surface area contributed by atoms with E-state index in [0.717, 1.165) is 17.6 Å². The normalized spacial score (nSPS) is 22.0. The van der Waals surface area contributed by atoms with Crippen molar-refractivity contribution in [3.63, 3.8) is 0 Å². The van der Waals surface area contributed by atoms with E-state index in [0.29, 0.717) is 17.6 Å². The van der Waals surface area contributed by atoms with Crippen molar-refractivity contribution in [1.29, 1.82) is 0 Å². The van der Waals surface area contributed by atoms with Gasteiger partial charge in [0.25, 0.3) is 0 Å². The van der Waals surface area contributed by atoms with E-state index in [4.69, 9.17) is 5.73 Å².